The molecule has 1 aromatic heterocycles. The van der Waals surface area contributed by atoms with Gasteiger partial charge < -0.3 is 10.1 Å². The number of carbonyl (C=O) groups excluding carboxylic acids is 1. The number of nitrogens with one attached hydrogen (secondary N) is 1. The van der Waals surface area contributed by atoms with Crippen molar-refractivity contribution in [3.63, 3.8) is 0 Å². The molecule has 2 aromatic rings. The number of ether oxygens (including phenoxy) is 1. The lowest BCUT2D eigenvalue weighted by Gasteiger charge is -2.19. The Morgan fingerprint density at radius 1 is 1.25 bits per heavy atom. The second-order valence-corrected chi connectivity index (χ2v) is 6.20. The number of amides is 1. The number of aromatic nitrogens is 1. The van der Waals surface area contributed by atoms with Crippen LogP contribution in [0, 0.1) is 0 Å². The maximum Gasteiger partial charge on any atom is 0.217 e. The van der Waals surface area contributed by atoms with E-state index in [9.17, 15) is 4.79 Å². The molecule has 1 aromatic carbocycles. The van der Waals surface area contributed by atoms with Gasteiger partial charge in [0.15, 0.2) is 0 Å². The summed E-state index contributed by atoms with van der Waals surface area (Å²) in [6.07, 6.45) is 1.82. The Kier molecular flexibility index (Phi) is 5.11. The van der Waals surface area contributed by atoms with Crippen LogP contribution < -0.4 is 10.1 Å². The van der Waals surface area contributed by atoms with Gasteiger partial charge >= 0.3 is 0 Å². The fraction of sp³-hybridized carbons (Fsp3) is 0.368. The highest BCUT2D eigenvalue weighted by Crippen LogP contribution is 2.29. The lowest BCUT2D eigenvalue weighted by atomic mass is 9.94. The van der Waals surface area contributed by atoms with Crippen molar-refractivity contribution >= 4 is 5.91 Å². The molecule has 0 aliphatic carbocycles. The molecule has 0 spiro atoms. The Bertz CT molecular complexity index is 673. The fourth-order valence-electron chi connectivity index (χ4n) is 3.33. The number of pyridine rings is 1. The molecule has 1 saturated heterocycles. The van der Waals surface area contributed by atoms with Gasteiger partial charge in [-0.15, -0.1) is 0 Å². The van der Waals surface area contributed by atoms with Crippen LogP contribution in [-0.4, -0.2) is 42.0 Å². The number of benzene rings is 1. The number of rotatable bonds is 5. The lowest BCUT2D eigenvalue weighted by Crippen LogP contribution is -2.38. The number of likely N-dealkylation sites (tertiary alicyclic amines) is 1. The summed E-state index contributed by atoms with van der Waals surface area (Å²) in [5, 5.41) is 3.10. The van der Waals surface area contributed by atoms with Crippen LogP contribution in [0.2, 0.25) is 0 Å². The topological polar surface area (TPSA) is 54.5 Å². The van der Waals surface area contributed by atoms with Gasteiger partial charge in [-0.05, 0) is 29.8 Å². The minimum absolute atomic E-state index is 0.0122. The van der Waals surface area contributed by atoms with Crippen LogP contribution in [0.4, 0.5) is 0 Å². The third-order valence-corrected chi connectivity index (χ3v) is 4.44. The summed E-state index contributed by atoms with van der Waals surface area (Å²) in [6, 6.07) is 14.2. The van der Waals surface area contributed by atoms with Gasteiger partial charge in [-0.2, -0.15) is 0 Å². The summed E-state index contributed by atoms with van der Waals surface area (Å²) in [5.74, 6) is 1.12. The van der Waals surface area contributed by atoms with Gasteiger partial charge in [0.25, 0.3) is 0 Å². The monoisotopic (exact) mass is 325 g/mol. The van der Waals surface area contributed by atoms with E-state index in [0.29, 0.717) is 0 Å². The molecule has 1 amide bonds. The van der Waals surface area contributed by atoms with Crippen molar-refractivity contribution in [2.24, 2.45) is 0 Å². The van der Waals surface area contributed by atoms with Crippen molar-refractivity contribution in [1.82, 2.24) is 15.2 Å². The van der Waals surface area contributed by atoms with E-state index in [4.69, 9.17) is 4.74 Å². The summed E-state index contributed by atoms with van der Waals surface area (Å²) >= 11 is 0. The van der Waals surface area contributed by atoms with E-state index >= 15 is 0 Å². The standard InChI is InChI=1S/C19H23N3O2/c1-14(23)21-19-13-22(11-16-5-3-4-10-20-16)12-18(19)15-6-8-17(24-2)9-7-15/h3-10,18-19H,11-13H2,1-2H3,(H,21,23)/t18-,19+/m0/s1. The maximum atomic E-state index is 11.6. The molecule has 1 aliphatic rings. The Hall–Kier alpha value is -2.40. The summed E-state index contributed by atoms with van der Waals surface area (Å²) in [5.41, 5.74) is 2.27. The molecule has 5 heteroatoms. The number of methoxy groups -OCH3 is 1. The minimum Gasteiger partial charge on any atom is -0.497 e. The zero-order chi connectivity index (χ0) is 16.9. The zero-order valence-electron chi connectivity index (χ0n) is 14.1. The van der Waals surface area contributed by atoms with E-state index in [-0.39, 0.29) is 17.9 Å². The van der Waals surface area contributed by atoms with Gasteiger partial charge in [-0.1, -0.05) is 18.2 Å². The molecule has 0 radical (unpaired) electrons. The summed E-state index contributed by atoms with van der Waals surface area (Å²) in [7, 11) is 1.67. The molecule has 0 unspecified atom stereocenters. The Balaban J connectivity index is 1.75. The molecule has 1 fully saturated rings. The smallest absolute Gasteiger partial charge is 0.217 e. The van der Waals surface area contributed by atoms with Crippen molar-refractivity contribution in [2.45, 2.75) is 25.4 Å². The molecule has 24 heavy (non-hydrogen) atoms. The van der Waals surface area contributed by atoms with Gasteiger partial charge in [-0.3, -0.25) is 14.7 Å². The summed E-state index contributed by atoms with van der Waals surface area (Å²) in [6.45, 7) is 4.09. The van der Waals surface area contributed by atoms with Crippen molar-refractivity contribution in [3.8, 4) is 5.75 Å². The molecular weight excluding hydrogens is 302 g/mol. The molecule has 2 atom stereocenters. The van der Waals surface area contributed by atoms with E-state index in [0.717, 1.165) is 31.1 Å². The first-order chi connectivity index (χ1) is 11.7. The molecule has 2 heterocycles. The Morgan fingerprint density at radius 3 is 2.67 bits per heavy atom. The molecular formula is C19H23N3O2. The van der Waals surface area contributed by atoms with E-state index < -0.39 is 0 Å². The van der Waals surface area contributed by atoms with Gasteiger partial charge in [-0.25, -0.2) is 0 Å². The average molecular weight is 325 g/mol. The number of carbonyl (C=O) groups is 1. The molecule has 1 N–H and O–H groups in total. The fourth-order valence-corrected chi connectivity index (χ4v) is 3.33. The number of hydrogen-bond donors (Lipinski definition) is 1. The summed E-state index contributed by atoms with van der Waals surface area (Å²) < 4.78 is 5.23. The van der Waals surface area contributed by atoms with Crippen molar-refractivity contribution < 1.29 is 9.53 Å². The van der Waals surface area contributed by atoms with Crippen LogP contribution in [0.5, 0.6) is 5.75 Å². The first-order valence-corrected chi connectivity index (χ1v) is 8.19. The molecule has 5 nitrogen and oxygen atoms in total. The average Bonchev–Trinajstić information content (AvgIpc) is 2.97. The van der Waals surface area contributed by atoms with E-state index in [1.165, 1.54) is 5.56 Å². The molecule has 0 bridgehead atoms. The van der Waals surface area contributed by atoms with Gasteiger partial charge in [0.05, 0.1) is 12.8 Å². The highest BCUT2D eigenvalue weighted by molar-refractivity contribution is 5.73. The van der Waals surface area contributed by atoms with Crippen LogP contribution >= 0.6 is 0 Å². The van der Waals surface area contributed by atoms with Crippen molar-refractivity contribution in [1.29, 1.82) is 0 Å². The number of nitrogens with zero attached hydrogens (tertiary/aromatic N) is 2. The van der Waals surface area contributed by atoms with E-state index in [2.05, 4.69) is 27.3 Å². The number of hydrogen-bond acceptors (Lipinski definition) is 4. The molecule has 1 aliphatic heterocycles. The summed E-state index contributed by atoms with van der Waals surface area (Å²) in [4.78, 5) is 18.3. The Morgan fingerprint density at radius 2 is 2.04 bits per heavy atom. The van der Waals surface area contributed by atoms with E-state index in [1.807, 2.05) is 36.5 Å². The van der Waals surface area contributed by atoms with E-state index in [1.54, 1.807) is 14.0 Å². The van der Waals surface area contributed by atoms with Crippen LogP contribution in [-0.2, 0) is 11.3 Å². The zero-order valence-corrected chi connectivity index (χ0v) is 14.1. The molecule has 126 valence electrons. The van der Waals surface area contributed by atoms with Crippen LogP contribution in [0.1, 0.15) is 24.1 Å². The van der Waals surface area contributed by atoms with Crippen LogP contribution in [0.15, 0.2) is 48.7 Å². The maximum absolute atomic E-state index is 11.6. The third kappa shape index (κ3) is 3.92. The molecule has 3 rings (SSSR count). The predicted molar refractivity (Wildman–Crippen MR) is 92.9 cm³/mol. The van der Waals surface area contributed by atoms with Crippen LogP contribution in [0.25, 0.3) is 0 Å². The second kappa shape index (κ2) is 7.45. The third-order valence-electron chi connectivity index (χ3n) is 4.44. The minimum atomic E-state index is 0.0122. The normalized spacial score (nSPS) is 20.8. The highest BCUT2D eigenvalue weighted by Gasteiger charge is 2.34. The highest BCUT2D eigenvalue weighted by atomic mass is 16.5. The van der Waals surface area contributed by atoms with Crippen LogP contribution in [0.3, 0.4) is 0 Å². The van der Waals surface area contributed by atoms with Gasteiger partial charge in [0.1, 0.15) is 5.75 Å². The predicted octanol–water partition coefficient (Wildman–Crippen LogP) is 2.19. The Labute approximate surface area is 142 Å². The lowest BCUT2D eigenvalue weighted by molar-refractivity contribution is -0.119. The van der Waals surface area contributed by atoms with Crippen molar-refractivity contribution in [2.75, 3.05) is 20.2 Å². The SMILES string of the molecule is COc1ccc([C@@H]2CN(Cc3ccccn3)C[C@H]2NC(C)=O)cc1. The molecule has 0 saturated carbocycles. The van der Waals surface area contributed by atoms with Gasteiger partial charge in [0.2, 0.25) is 5.91 Å². The quantitative estimate of drug-likeness (QED) is 0.916. The first kappa shape index (κ1) is 16.5. The van der Waals surface area contributed by atoms with Crippen molar-refractivity contribution in [3.05, 3.63) is 59.9 Å². The first-order valence-electron chi connectivity index (χ1n) is 8.19. The second-order valence-electron chi connectivity index (χ2n) is 6.20. The van der Waals surface area contributed by atoms with Gasteiger partial charge in [0, 0.05) is 44.7 Å². The largest absolute Gasteiger partial charge is 0.497 e.